The Morgan fingerprint density at radius 1 is 1.00 bits per heavy atom. The Labute approximate surface area is 203 Å². The van der Waals surface area contributed by atoms with Gasteiger partial charge >= 0.3 is 0 Å². The average Bonchev–Trinajstić information content (AvgIpc) is 3.32. The first-order chi connectivity index (χ1) is 17.1. The molecule has 2 N–H and O–H groups in total. The van der Waals surface area contributed by atoms with Gasteiger partial charge in [-0.15, -0.1) is 0 Å². The number of amides is 1. The second kappa shape index (κ2) is 9.65. The lowest BCUT2D eigenvalue weighted by Gasteiger charge is -2.11. The lowest BCUT2D eigenvalue weighted by Crippen LogP contribution is -2.07. The number of carbonyl (C=O) groups is 1. The van der Waals surface area contributed by atoms with Crippen molar-refractivity contribution in [1.29, 1.82) is 0 Å². The van der Waals surface area contributed by atoms with Gasteiger partial charge in [-0.1, -0.05) is 43.0 Å². The maximum absolute atomic E-state index is 12.0. The molecule has 5 rings (SSSR count). The third kappa shape index (κ3) is 4.82. The van der Waals surface area contributed by atoms with Crippen molar-refractivity contribution in [3.8, 4) is 28.1 Å². The SMILES string of the molecule is C=CC(=O)Nc1cc(Cc2ccccc2)cc(-c2cnc3[nH]cc(-c4ccnc(OC)c4)c3c2)c1. The van der Waals surface area contributed by atoms with E-state index in [-0.39, 0.29) is 5.91 Å². The molecular formula is C29H24N4O2. The highest BCUT2D eigenvalue weighted by atomic mass is 16.5. The number of H-pyrrole nitrogens is 1. The number of rotatable bonds is 7. The summed E-state index contributed by atoms with van der Waals surface area (Å²) in [6, 6.07) is 22.3. The molecule has 5 aromatic rings. The average molecular weight is 461 g/mol. The third-order valence-electron chi connectivity index (χ3n) is 5.82. The Morgan fingerprint density at radius 3 is 2.66 bits per heavy atom. The summed E-state index contributed by atoms with van der Waals surface area (Å²) >= 11 is 0. The molecule has 0 aliphatic carbocycles. The number of anilines is 1. The summed E-state index contributed by atoms with van der Waals surface area (Å²) in [7, 11) is 1.60. The standard InChI is InChI=1S/C29H24N4O2/c1-3-27(34)33-24-13-20(11-19-7-5-4-6-8-19)12-22(14-24)23-15-25-26(18-32-29(25)31-17-23)21-9-10-30-28(16-21)35-2/h3-10,12-18H,1,11H2,2H3,(H,31,32)(H,33,34). The minimum atomic E-state index is -0.249. The Balaban J connectivity index is 1.59. The van der Waals surface area contributed by atoms with Crippen molar-refractivity contribution in [2.24, 2.45) is 0 Å². The molecule has 0 bridgehead atoms. The molecule has 6 heteroatoms. The number of aromatic nitrogens is 3. The van der Waals surface area contributed by atoms with Crippen LogP contribution in [0.4, 0.5) is 5.69 Å². The van der Waals surface area contributed by atoms with Crippen molar-refractivity contribution in [1.82, 2.24) is 15.0 Å². The summed E-state index contributed by atoms with van der Waals surface area (Å²) in [6.07, 6.45) is 7.53. The van der Waals surface area contributed by atoms with E-state index in [0.29, 0.717) is 11.6 Å². The van der Waals surface area contributed by atoms with Crippen LogP contribution in [0.2, 0.25) is 0 Å². The lowest BCUT2D eigenvalue weighted by atomic mass is 9.97. The van der Waals surface area contributed by atoms with E-state index in [1.807, 2.05) is 54.9 Å². The normalized spacial score (nSPS) is 10.8. The number of carbonyl (C=O) groups excluding carboxylic acids is 1. The molecule has 172 valence electrons. The Hall–Kier alpha value is -4.71. The van der Waals surface area contributed by atoms with Crippen LogP contribution in [-0.2, 0) is 11.2 Å². The largest absolute Gasteiger partial charge is 0.481 e. The molecule has 3 aromatic heterocycles. The molecule has 3 heterocycles. The molecule has 6 nitrogen and oxygen atoms in total. The predicted octanol–water partition coefficient (Wildman–Crippen LogP) is 6.02. The van der Waals surface area contributed by atoms with Crippen molar-refractivity contribution in [3.05, 3.63) is 109 Å². The van der Waals surface area contributed by atoms with Crippen LogP contribution in [0.25, 0.3) is 33.3 Å². The summed E-state index contributed by atoms with van der Waals surface area (Å²) in [6.45, 7) is 3.57. The molecule has 2 aromatic carbocycles. The molecule has 0 saturated carbocycles. The van der Waals surface area contributed by atoms with Gasteiger partial charge in [-0.2, -0.15) is 0 Å². The van der Waals surface area contributed by atoms with Crippen molar-refractivity contribution in [3.63, 3.8) is 0 Å². The van der Waals surface area contributed by atoms with Crippen LogP contribution >= 0.6 is 0 Å². The monoisotopic (exact) mass is 460 g/mol. The molecule has 35 heavy (non-hydrogen) atoms. The van der Waals surface area contributed by atoms with Gasteiger partial charge < -0.3 is 15.0 Å². The van der Waals surface area contributed by atoms with E-state index in [4.69, 9.17) is 4.74 Å². The van der Waals surface area contributed by atoms with Gasteiger partial charge in [0.2, 0.25) is 11.8 Å². The first-order valence-corrected chi connectivity index (χ1v) is 11.2. The first kappa shape index (κ1) is 22.1. The lowest BCUT2D eigenvalue weighted by molar-refractivity contribution is -0.111. The molecular weight excluding hydrogens is 436 g/mol. The number of benzene rings is 2. The van der Waals surface area contributed by atoms with E-state index in [1.165, 1.54) is 11.6 Å². The highest BCUT2D eigenvalue weighted by molar-refractivity contribution is 6.00. The topological polar surface area (TPSA) is 79.9 Å². The quantitative estimate of drug-likeness (QED) is 0.291. The van der Waals surface area contributed by atoms with Gasteiger partial charge in [0.05, 0.1) is 7.11 Å². The second-order valence-corrected chi connectivity index (χ2v) is 8.18. The van der Waals surface area contributed by atoms with Crippen LogP contribution in [0.5, 0.6) is 5.88 Å². The minimum Gasteiger partial charge on any atom is -0.481 e. The molecule has 0 spiro atoms. The number of nitrogens with one attached hydrogen (secondary N) is 2. The fourth-order valence-electron chi connectivity index (χ4n) is 4.15. The highest BCUT2D eigenvalue weighted by Crippen LogP contribution is 2.33. The number of aromatic amines is 1. The maximum Gasteiger partial charge on any atom is 0.247 e. The van der Waals surface area contributed by atoms with E-state index < -0.39 is 0 Å². The van der Waals surface area contributed by atoms with Crippen LogP contribution < -0.4 is 10.1 Å². The number of methoxy groups -OCH3 is 1. The smallest absolute Gasteiger partial charge is 0.247 e. The second-order valence-electron chi connectivity index (χ2n) is 8.18. The fourth-order valence-corrected chi connectivity index (χ4v) is 4.15. The number of nitrogens with zero attached hydrogens (tertiary/aromatic N) is 2. The Morgan fingerprint density at radius 2 is 1.86 bits per heavy atom. The van der Waals surface area contributed by atoms with Crippen LogP contribution in [0.3, 0.4) is 0 Å². The van der Waals surface area contributed by atoms with Gasteiger partial charge in [0.1, 0.15) is 5.65 Å². The summed E-state index contributed by atoms with van der Waals surface area (Å²) in [5, 5.41) is 3.89. The van der Waals surface area contributed by atoms with Crippen LogP contribution in [0.1, 0.15) is 11.1 Å². The van der Waals surface area contributed by atoms with E-state index in [1.54, 1.807) is 13.3 Å². The molecule has 0 aliphatic rings. The number of fused-ring (bicyclic) bond motifs is 1. The third-order valence-corrected chi connectivity index (χ3v) is 5.82. The molecule has 0 atom stereocenters. The van der Waals surface area contributed by atoms with E-state index in [0.717, 1.165) is 45.3 Å². The zero-order valence-electron chi connectivity index (χ0n) is 19.3. The van der Waals surface area contributed by atoms with Gasteiger partial charge in [-0.05, 0) is 59.0 Å². The van der Waals surface area contributed by atoms with E-state index in [9.17, 15) is 4.79 Å². The van der Waals surface area contributed by atoms with Gasteiger partial charge in [0, 0.05) is 46.9 Å². The van der Waals surface area contributed by atoms with E-state index >= 15 is 0 Å². The van der Waals surface area contributed by atoms with Crippen LogP contribution in [-0.4, -0.2) is 28.0 Å². The van der Waals surface area contributed by atoms with Crippen molar-refractivity contribution in [2.45, 2.75) is 6.42 Å². The van der Waals surface area contributed by atoms with Crippen LogP contribution in [0, 0.1) is 0 Å². The molecule has 1 amide bonds. The summed E-state index contributed by atoms with van der Waals surface area (Å²) in [5.41, 5.74) is 7.69. The van der Waals surface area contributed by atoms with Gasteiger partial charge in [0.25, 0.3) is 0 Å². The van der Waals surface area contributed by atoms with E-state index in [2.05, 4.69) is 51.1 Å². The van der Waals surface area contributed by atoms with Gasteiger partial charge in [-0.3, -0.25) is 4.79 Å². The molecule has 0 radical (unpaired) electrons. The van der Waals surface area contributed by atoms with Crippen LogP contribution in [0.15, 0.2) is 98.0 Å². The number of ether oxygens (including phenoxy) is 1. The van der Waals surface area contributed by atoms with Crippen molar-refractivity contribution in [2.75, 3.05) is 12.4 Å². The number of hydrogen-bond donors (Lipinski definition) is 2. The molecule has 0 aliphatic heterocycles. The molecule has 0 fully saturated rings. The first-order valence-electron chi connectivity index (χ1n) is 11.2. The summed E-state index contributed by atoms with van der Waals surface area (Å²) in [4.78, 5) is 24.2. The highest BCUT2D eigenvalue weighted by Gasteiger charge is 2.12. The summed E-state index contributed by atoms with van der Waals surface area (Å²) < 4.78 is 5.30. The zero-order valence-corrected chi connectivity index (χ0v) is 19.3. The Kier molecular flexibility index (Phi) is 6.09. The Bertz CT molecular complexity index is 1520. The molecule has 0 saturated heterocycles. The number of hydrogen-bond acceptors (Lipinski definition) is 4. The zero-order chi connectivity index (χ0) is 24.2. The molecule has 0 unspecified atom stereocenters. The number of pyridine rings is 2. The maximum atomic E-state index is 12.0. The fraction of sp³-hybridized carbons (Fsp3) is 0.0690. The van der Waals surface area contributed by atoms with Gasteiger partial charge in [0.15, 0.2) is 0 Å². The van der Waals surface area contributed by atoms with Gasteiger partial charge in [-0.25, -0.2) is 9.97 Å². The minimum absolute atomic E-state index is 0.249. The summed E-state index contributed by atoms with van der Waals surface area (Å²) in [5.74, 6) is 0.304. The predicted molar refractivity (Wildman–Crippen MR) is 139 cm³/mol. The van der Waals surface area contributed by atoms with Crippen molar-refractivity contribution < 1.29 is 9.53 Å². The van der Waals surface area contributed by atoms with Crippen molar-refractivity contribution >= 4 is 22.6 Å².